The van der Waals surface area contributed by atoms with Crippen molar-refractivity contribution in [1.29, 1.82) is 0 Å². The Hall–Kier alpha value is -3.66. The van der Waals surface area contributed by atoms with Gasteiger partial charge in [0.05, 0.1) is 18.3 Å². The van der Waals surface area contributed by atoms with Crippen molar-refractivity contribution in [1.82, 2.24) is 15.0 Å². The first-order valence-corrected chi connectivity index (χ1v) is 10.6. The number of benzene rings is 2. The van der Waals surface area contributed by atoms with Gasteiger partial charge in [-0.05, 0) is 22.7 Å². The number of hydrogen-bond acceptors (Lipinski definition) is 6. The SMILES string of the molecule is CS(=O)(=O)Nc1cccc(Nc2nc3nc[nH]c3c(OCc3ccccc3)[nH+]2)c1. The van der Waals surface area contributed by atoms with Gasteiger partial charge in [0, 0.05) is 6.07 Å². The van der Waals surface area contributed by atoms with Crippen LogP contribution in [0.25, 0.3) is 11.2 Å². The van der Waals surface area contributed by atoms with E-state index in [1.54, 1.807) is 30.6 Å². The normalized spacial score (nSPS) is 11.3. The molecule has 0 radical (unpaired) electrons. The Kier molecular flexibility index (Phi) is 5.00. The summed E-state index contributed by atoms with van der Waals surface area (Å²) < 4.78 is 31.3. The molecule has 2 heterocycles. The maximum atomic E-state index is 11.4. The molecular formula is C19H19N6O3S+. The lowest BCUT2D eigenvalue weighted by molar-refractivity contribution is -0.380. The van der Waals surface area contributed by atoms with E-state index in [1.807, 2.05) is 30.3 Å². The highest BCUT2D eigenvalue weighted by Crippen LogP contribution is 2.22. The molecule has 0 bridgehead atoms. The predicted octanol–water partition coefficient (Wildman–Crippen LogP) is 2.47. The first kappa shape index (κ1) is 18.7. The molecule has 9 nitrogen and oxygen atoms in total. The van der Waals surface area contributed by atoms with Gasteiger partial charge >= 0.3 is 5.95 Å². The second-order valence-corrected chi connectivity index (χ2v) is 8.12. The van der Waals surface area contributed by atoms with Gasteiger partial charge in [-0.25, -0.2) is 23.7 Å². The first-order chi connectivity index (χ1) is 14.0. The number of ether oxygens (including phenoxy) is 1. The van der Waals surface area contributed by atoms with Crippen LogP contribution in [0.4, 0.5) is 17.3 Å². The summed E-state index contributed by atoms with van der Waals surface area (Å²) in [6, 6.07) is 16.7. The highest BCUT2D eigenvalue weighted by Gasteiger charge is 2.18. The average Bonchev–Trinajstić information content (AvgIpc) is 3.14. The molecule has 0 amide bonds. The minimum Gasteiger partial charge on any atom is -0.461 e. The quantitative estimate of drug-likeness (QED) is 0.429. The van der Waals surface area contributed by atoms with Gasteiger partial charge in [-0.15, -0.1) is 0 Å². The summed E-state index contributed by atoms with van der Waals surface area (Å²) in [5.74, 6) is 0.897. The standard InChI is InChI=1S/C19H18N6O3S/c1-29(26,27)25-15-9-5-8-14(10-15)22-19-23-17-16(20-12-21-17)18(24-19)28-11-13-6-3-2-4-7-13/h2-10,12,25H,11H2,1H3,(H2,20,21,22,23,24)/p+1. The molecule has 4 rings (SSSR count). The molecule has 0 atom stereocenters. The molecular weight excluding hydrogens is 392 g/mol. The van der Waals surface area contributed by atoms with Crippen LogP contribution in [0.5, 0.6) is 5.88 Å². The number of sulfonamides is 1. The van der Waals surface area contributed by atoms with Crippen molar-refractivity contribution in [2.45, 2.75) is 6.61 Å². The summed E-state index contributed by atoms with van der Waals surface area (Å²) >= 11 is 0. The molecule has 0 fully saturated rings. The molecule has 10 heteroatoms. The zero-order chi connectivity index (χ0) is 20.3. The summed E-state index contributed by atoms with van der Waals surface area (Å²) in [5, 5.41) is 3.12. The molecule has 0 unspecified atom stereocenters. The number of imidazole rings is 1. The van der Waals surface area contributed by atoms with Crippen molar-refractivity contribution < 1.29 is 18.1 Å². The lowest BCUT2D eigenvalue weighted by atomic mass is 10.2. The van der Waals surface area contributed by atoms with Crippen LogP contribution in [0.2, 0.25) is 0 Å². The van der Waals surface area contributed by atoms with Crippen molar-refractivity contribution in [2.24, 2.45) is 0 Å². The van der Waals surface area contributed by atoms with Gasteiger partial charge in [0.25, 0.3) is 11.5 Å². The predicted molar refractivity (Wildman–Crippen MR) is 109 cm³/mol. The van der Waals surface area contributed by atoms with E-state index in [0.717, 1.165) is 11.8 Å². The van der Waals surface area contributed by atoms with Crippen molar-refractivity contribution in [2.75, 3.05) is 16.3 Å². The Morgan fingerprint density at radius 3 is 2.69 bits per heavy atom. The molecule has 4 aromatic rings. The number of anilines is 3. The molecule has 0 aliphatic rings. The van der Waals surface area contributed by atoms with Crippen molar-refractivity contribution >= 4 is 38.5 Å². The van der Waals surface area contributed by atoms with E-state index in [0.29, 0.717) is 41.0 Å². The molecule has 2 aromatic carbocycles. The number of rotatable bonds is 7. The van der Waals surface area contributed by atoms with Crippen molar-refractivity contribution in [3.63, 3.8) is 0 Å². The largest absolute Gasteiger partial charge is 0.461 e. The minimum absolute atomic E-state index is 0.378. The highest BCUT2D eigenvalue weighted by atomic mass is 32.2. The fourth-order valence-corrected chi connectivity index (χ4v) is 3.31. The van der Waals surface area contributed by atoms with E-state index in [4.69, 9.17) is 4.74 Å². The van der Waals surface area contributed by atoms with Crippen molar-refractivity contribution in [3.8, 4) is 5.88 Å². The number of aromatic nitrogens is 4. The Morgan fingerprint density at radius 1 is 1.10 bits per heavy atom. The molecule has 0 aliphatic carbocycles. The van der Waals surface area contributed by atoms with Crippen LogP contribution in [0, 0.1) is 0 Å². The maximum absolute atomic E-state index is 11.4. The Morgan fingerprint density at radius 2 is 1.90 bits per heavy atom. The third-order valence-corrected chi connectivity index (χ3v) is 4.56. The lowest BCUT2D eigenvalue weighted by Gasteiger charge is -2.07. The highest BCUT2D eigenvalue weighted by molar-refractivity contribution is 7.92. The van der Waals surface area contributed by atoms with E-state index in [2.05, 4.69) is 30.0 Å². The summed E-state index contributed by atoms with van der Waals surface area (Å²) in [4.78, 5) is 14.7. The van der Waals surface area contributed by atoms with Crippen LogP contribution < -0.4 is 19.8 Å². The molecule has 4 N–H and O–H groups in total. The lowest BCUT2D eigenvalue weighted by Crippen LogP contribution is -2.17. The summed E-state index contributed by atoms with van der Waals surface area (Å²) in [7, 11) is -3.36. The second-order valence-electron chi connectivity index (χ2n) is 6.37. The van der Waals surface area contributed by atoms with E-state index in [-0.39, 0.29) is 0 Å². The fourth-order valence-electron chi connectivity index (χ4n) is 2.75. The third kappa shape index (κ3) is 4.79. The van der Waals surface area contributed by atoms with Crippen LogP contribution in [-0.2, 0) is 16.6 Å². The minimum atomic E-state index is -3.36. The van der Waals surface area contributed by atoms with Gasteiger partial charge in [0.2, 0.25) is 10.0 Å². The van der Waals surface area contributed by atoms with Crippen LogP contribution in [0.15, 0.2) is 60.9 Å². The maximum Gasteiger partial charge on any atom is 0.399 e. The molecule has 29 heavy (non-hydrogen) atoms. The number of fused-ring (bicyclic) bond motifs is 1. The number of nitrogens with zero attached hydrogens (tertiary/aromatic N) is 2. The van der Waals surface area contributed by atoms with Gasteiger partial charge in [0.1, 0.15) is 12.3 Å². The van der Waals surface area contributed by atoms with E-state index < -0.39 is 10.0 Å². The zero-order valence-electron chi connectivity index (χ0n) is 15.5. The van der Waals surface area contributed by atoms with Crippen LogP contribution in [0.3, 0.4) is 0 Å². The van der Waals surface area contributed by atoms with Gasteiger partial charge in [-0.2, -0.15) is 0 Å². The molecule has 0 saturated carbocycles. The Balaban J connectivity index is 1.59. The topological polar surface area (TPSA) is 123 Å². The monoisotopic (exact) mass is 411 g/mol. The molecule has 148 valence electrons. The average molecular weight is 411 g/mol. The molecule has 0 saturated heterocycles. The summed E-state index contributed by atoms with van der Waals surface area (Å²) in [5.41, 5.74) is 3.25. The molecule has 0 spiro atoms. The van der Waals surface area contributed by atoms with E-state index in [1.165, 1.54) is 0 Å². The third-order valence-electron chi connectivity index (χ3n) is 3.95. The number of H-pyrrole nitrogens is 2. The fraction of sp³-hybridized carbons (Fsp3) is 0.105. The number of aromatic amines is 2. The van der Waals surface area contributed by atoms with Gasteiger partial charge in [0.15, 0.2) is 5.52 Å². The Labute approximate surface area is 167 Å². The van der Waals surface area contributed by atoms with Crippen LogP contribution >= 0.6 is 0 Å². The van der Waals surface area contributed by atoms with Gasteiger partial charge in [-0.1, -0.05) is 36.4 Å². The zero-order valence-corrected chi connectivity index (χ0v) is 16.3. The number of nitrogens with one attached hydrogen (secondary N) is 4. The van der Waals surface area contributed by atoms with Gasteiger partial charge < -0.3 is 9.72 Å². The van der Waals surface area contributed by atoms with E-state index >= 15 is 0 Å². The smallest absolute Gasteiger partial charge is 0.399 e. The molecule has 2 aromatic heterocycles. The summed E-state index contributed by atoms with van der Waals surface area (Å²) in [6.07, 6.45) is 2.64. The molecule has 0 aliphatic heterocycles. The van der Waals surface area contributed by atoms with Gasteiger partial charge in [-0.3, -0.25) is 4.72 Å². The number of hydrogen-bond donors (Lipinski definition) is 3. The first-order valence-electron chi connectivity index (χ1n) is 8.74. The van der Waals surface area contributed by atoms with Crippen LogP contribution in [-0.4, -0.2) is 29.6 Å². The summed E-state index contributed by atoms with van der Waals surface area (Å²) in [6.45, 7) is 0.378. The van der Waals surface area contributed by atoms with Crippen molar-refractivity contribution in [3.05, 3.63) is 66.5 Å². The van der Waals surface area contributed by atoms with Crippen LogP contribution in [0.1, 0.15) is 5.56 Å². The van der Waals surface area contributed by atoms with E-state index in [9.17, 15) is 8.42 Å². The second kappa shape index (κ2) is 7.76. The Bertz CT molecular complexity index is 1240.